The first-order chi connectivity index (χ1) is 12.8. The molecular weight excluding hydrogens is 357 g/mol. The maximum absolute atomic E-state index is 13.5. The predicted octanol–water partition coefficient (Wildman–Crippen LogP) is 2.73. The first-order valence-corrected chi connectivity index (χ1v) is 8.21. The molecule has 2 aromatic rings. The summed E-state index contributed by atoms with van der Waals surface area (Å²) in [7, 11) is 0. The Kier molecular flexibility index (Phi) is 5.17. The standard InChI is InChI=1S/C20H15F3N2O2/c21-20(22,23)16-12-13(6-8-15(16)14-4-2-1-3-5-14)7-9-18(26)25-17-10-11-24-19(17)27/h1-6,8,12,17H,10-11H2,(H,24,27)(H,25,26)/t17-/m1/s1. The molecule has 138 valence electrons. The van der Waals surface area contributed by atoms with Crippen LogP contribution in [0.1, 0.15) is 17.5 Å². The van der Waals surface area contributed by atoms with Crippen LogP contribution in [0.25, 0.3) is 11.1 Å². The summed E-state index contributed by atoms with van der Waals surface area (Å²) in [6.07, 6.45) is -4.11. The fourth-order valence-electron chi connectivity index (χ4n) is 2.78. The number of halogens is 3. The van der Waals surface area contributed by atoms with Crippen molar-refractivity contribution in [2.24, 2.45) is 0 Å². The Morgan fingerprint density at radius 1 is 1.15 bits per heavy atom. The Labute approximate surface area is 153 Å². The number of hydrogen-bond acceptors (Lipinski definition) is 2. The summed E-state index contributed by atoms with van der Waals surface area (Å²) in [5.41, 5.74) is -0.279. The lowest BCUT2D eigenvalue weighted by molar-refractivity contribution is -0.137. The van der Waals surface area contributed by atoms with E-state index >= 15 is 0 Å². The summed E-state index contributed by atoms with van der Waals surface area (Å²) in [6, 6.07) is 11.3. The molecule has 0 radical (unpaired) electrons. The third kappa shape index (κ3) is 4.47. The fraction of sp³-hybridized carbons (Fsp3) is 0.200. The molecule has 4 nitrogen and oxygen atoms in total. The average Bonchev–Trinajstić information content (AvgIpc) is 3.04. The second kappa shape index (κ2) is 7.54. The van der Waals surface area contributed by atoms with Gasteiger partial charge in [-0.3, -0.25) is 9.59 Å². The van der Waals surface area contributed by atoms with Crippen LogP contribution < -0.4 is 10.6 Å². The van der Waals surface area contributed by atoms with Gasteiger partial charge in [0.2, 0.25) is 5.91 Å². The zero-order valence-electron chi connectivity index (χ0n) is 14.1. The van der Waals surface area contributed by atoms with Crippen molar-refractivity contribution in [1.82, 2.24) is 10.6 Å². The van der Waals surface area contributed by atoms with Crippen molar-refractivity contribution in [1.29, 1.82) is 0 Å². The van der Waals surface area contributed by atoms with Crippen molar-refractivity contribution in [3.05, 3.63) is 59.7 Å². The van der Waals surface area contributed by atoms with Gasteiger partial charge in [0, 0.05) is 18.0 Å². The molecule has 1 aliphatic heterocycles. The first-order valence-electron chi connectivity index (χ1n) is 8.21. The SMILES string of the molecule is O=C(C#Cc1ccc(-c2ccccc2)c(C(F)(F)F)c1)N[C@@H]1CCNC1=O. The van der Waals surface area contributed by atoms with Gasteiger partial charge in [0.25, 0.3) is 5.91 Å². The second-order valence-electron chi connectivity index (χ2n) is 5.98. The number of carbonyl (C=O) groups is 2. The van der Waals surface area contributed by atoms with Crippen molar-refractivity contribution in [3.63, 3.8) is 0 Å². The molecule has 0 unspecified atom stereocenters. The summed E-state index contributed by atoms with van der Waals surface area (Å²) < 4.78 is 40.4. The molecule has 1 atom stereocenters. The summed E-state index contributed by atoms with van der Waals surface area (Å²) in [5, 5.41) is 5.00. The van der Waals surface area contributed by atoms with E-state index in [4.69, 9.17) is 0 Å². The molecule has 1 aliphatic rings. The highest BCUT2D eigenvalue weighted by atomic mass is 19.4. The van der Waals surface area contributed by atoms with E-state index in [2.05, 4.69) is 22.5 Å². The third-order valence-electron chi connectivity index (χ3n) is 4.08. The van der Waals surface area contributed by atoms with Gasteiger partial charge >= 0.3 is 6.18 Å². The predicted molar refractivity (Wildman–Crippen MR) is 93.3 cm³/mol. The number of hydrogen-bond donors (Lipinski definition) is 2. The zero-order valence-corrected chi connectivity index (χ0v) is 14.1. The maximum atomic E-state index is 13.5. The van der Waals surface area contributed by atoms with Crippen LogP contribution in [0.5, 0.6) is 0 Å². The number of rotatable bonds is 2. The molecule has 0 aliphatic carbocycles. The largest absolute Gasteiger partial charge is 0.417 e. The smallest absolute Gasteiger partial charge is 0.354 e. The minimum absolute atomic E-state index is 0.0423. The highest BCUT2D eigenvalue weighted by Crippen LogP contribution is 2.37. The molecule has 1 saturated heterocycles. The van der Waals surface area contributed by atoms with Crippen molar-refractivity contribution >= 4 is 11.8 Å². The van der Waals surface area contributed by atoms with Gasteiger partial charge in [-0.15, -0.1) is 0 Å². The van der Waals surface area contributed by atoms with E-state index in [0.717, 1.165) is 6.07 Å². The van der Waals surface area contributed by atoms with Gasteiger partial charge in [0.1, 0.15) is 6.04 Å². The summed E-state index contributed by atoms with van der Waals surface area (Å²) >= 11 is 0. The molecule has 0 bridgehead atoms. The molecule has 1 fully saturated rings. The van der Waals surface area contributed by atoms with Crippen LogP contribution in [-0.4, -0.2) is 24.4 Å². The van der Waals surface area contributed by atoms with Crippen LogP contribution >= 0.6 is 0 Å². The van der Waals surface area contributed by atoms with Gasteiger partial charge in [-0.1, -0.05) is 42.3 Å². The third-order valence-corrected chi connectivity index (χ3v) is 4.08. The lowest BCUT2D eigenvalue weighted by Crippen LogP contribution is -2.39. The number of benzene rings is 2. The summed E-state index contributed by atoms with van der Waals surface area (Å²) in [4.78, 5) is 23.2. The molecule has 2 amide bonds. The average molecular weight is 372 g/mol. The molecular formula is C20H15F3N2O2. The molecule has 3 rings (SSSR count). The molecule has 27 heavy (non-hydrogen) atoms. The molecule has 0 saturated carbocycles. The highest BCUT2D eigenvalue weighted by molar-refractivity contribution is 5.98. The first kappa shape index (κ1) is 18.5. The molecule has 1 heterocycles. The number of carbonyl (C=O) groups excluding carboxylic acids is 2. The number of amides is 2. The van der Waals surface area contributed by atoms with E-state index in [1.165, 1.54) is 12.1 Å². The number of nitrogens with one attached hydrogen (secondary N) is 2. The van der Waals surface area contributed by atoms with E-state index in [0.29, 0.717) is 18.5 Å². The normalized spacial score (nSPS) is 16.3. The van der Waals surface area contributed by atoms with E-state index in [1.54, 1.807) is 30.3 Å². The van der Waals surface area contributed by atoms with Crippen LogP contribution in [0.4, 0.5) is 13.2 Å². The fourth-order valence-corrected chi connectivity index (χ4v) is 2.78. The van der Waals surface area contributed by atoms with E-state index in [9.17, 15) is 22.8 Å². The van der Waals surface area contributed by atoms with Gasteiger partial charge in [0.15, 0.2) is 0 Å². The Bertz CT molecular complexity index is 928. The molecule has 7 heteroatoms. The minimum atomic E-state index is -4.56. The second-order valence-corrected chi connectivity index (χ2v) is 5.98. The minimum Gasteiger partial charge on any atom is -0.354 e. The Morgan fingerprint density at radius 2 is 1.89 bits per heavy atom. The molecule has 0 aromatic heterocycles. The lowest BCUT2D eigenvalue weighted by Gasteiger charge is -2.13. The summed E-state index contributed by atoms with van der Waals surface area (Å²) in [6.45, 7) is 0.465. The molecule has 2 aromatic carbocycles. The van der Waals surface area contributed by atoms with Crippen molar-refractivity contribution in [2.75, 3.05) is 6.54 Å². The van der Waals surface area contributed by atoms with E-state index in [1.807, 2.05) is 0 Å². The van der Waals surface area contributed by atoms with E-state index in [-0.39, 0.29) is 17.0 Å². The van der Waals surface area contributed by atoms with Crippen molar-refractivity contribution < 1.29 is 22.8 Å². The van der Waals surface area contributed by atoms with Gasteiger partial charge in [0.05, 0.1) is 5.56 Å². The van der Waals surface area contributed by atoms with Crippen molar-refractivity contribution in [2.45, 2.75) is 18.6 Å². The van der Waals surface area contributed by atoms with Gasteiger partial charge in [-0.05, 0) is 29.7 Å². The van der Waals surface area contributed by atoms with E-state index < -0.39 is 23.7 Å². The van der Waals surface area contributed by atoms with Crippen LogP contribution in [-0.2, 0) is 15.8 Å². The quantitative estimate of drug-likeness (QED) is 0.797. The summed E-state index contributed by atoms with van der Waals surface area (Å²) in [5.74, 6) is 3.66. The van der Waals surface area contributed by atoms with Crippen LogP contribution in [0, 0.1) is 11.8 Å². The van der Waals surface area contributed by atoms with Crippen LogP contribution in [0.3, 0.4) is 0 Å². The van der Waals surface area contributed by atoms with Gasteiger partial charge in [-0.2, -0.15) is 13.2 Å². The topological polar surface area (TPSA) is 58.2 Å². The Hall–Kier alpha value is -3.27. The zero-order chi connectivity index (χ0) is 19.4. The maximum Gasteiger partial charge on any atom is 0.417 e. The molecule has 0 spiro atoms. The lowest BCUT2D eigenvalue weighted by atomic mass is 9.97. The van der Waals surface area contributed by atoms with Crippen molar-refractivity contribution in [3.8, 4) is 23.0 Å². The van der Waals surface area contributed by atoms with Crippen LogP contribution in [0.15, 0.2) is 48.5 Å². The monoisotopic (exact) mass is 372 g/mol. The van der Waals surface area contributed by atoms with Crippen LogP contribution in [0.2, 0.25) is 0 Å². The highest BCUT2D eigenvalue weighted by Gasteiger charge is 2.34. The molecule has 2 N–H and O–H groups in total. The van der Waals surface area contributed by atoms with Gasteiger partial charge < -0.3 is 10.6 Å². The van der Waals surface area contributed by atoms with Gasteiger partial charge in [-0.25, -0.2) is 0 Å². The Morgan fingerprint density at radius 3 is 2.52 bits per heavy atom. The number of alkyl halides is 3. The Balaban J connectivity index is 1.85.